The number of hydrogen-bond acceptors (Lipinski definition) is 4. The second kappa shape index (κ2) is 11.0. The van der Waals surface area contributed by atoms with Gasteiger partial charge >= 0.3 is 5.97 Å². The topological polar surface area (TPSA) is 79.5 Å². The molecule has 0 aromatic heterocycles. The molecule has 0 heterocycles. The molecule has 0 amide bonds. The number of nitrogens with zero attached hydrogens (tertiary/aromatic N) is 1. The molecule has 0 aliphatic rings. The van der Waals surface area contributed by atoms with Gasteiger partial charge in [0.15, 0.2) is 11.5 Å². The van der Waals surface area contributed by atoms with Crippen molar-refractivity contribution in [1.82, 2.24) is 0 Å². The van der Waals surface area contributed by atoms with E-state index in [-0.39, 0.29) is 5.56 Å². The maximum atomic E-state index is 11.0. The average Bonchev–Trinajstić information content (AvgIpc) is 2.78. The van der Waals surface area contributed by atoms with Crippen LogP contribution in [-0.4, -0.2) is 17.7 Å². The normalized spacial score (nSPS) is 11.0. The number of carboxylic acids is 1. The average molecular weight is 560 g/mol. The van der Waals surface area contributed by atoms with Crippen molar-refractivity contribution in [3.05, 3.63) is 91.5 Å². The first-order valence-corrected chi connectivity index (χ1v) is 11.2. The van der Waals surface area contributed by atoms with E-state index in [0.29, 0.717) is 46.4 Å². The third kappa shape index (κ3) is 6.02. The highest BCUT2D eigenvalue weighted by molar-refractivity contribution is 14.1. The minimum absolute atomic E-state index is 0.155. The van der Waals surface area contributed by atoms with E-state index >= 15 is 0 Å². The number of ether oxygens (including phenoxy) is 2. The van der Waals surface area contributed by atoms with Gasteiger partial charge in [0, 0.05) is 3.57 Å². The summed E-state index contributed by atoms with van der Waals surface area (Å²) < 4.78 is 12.8. The lowest BCUT2D eigenvalue weighted by atomic mass is 10.0. The second-order valence-electron chi connectivity index (χ2n) is 6.73. The van der Waals surface area contributed by atoms with Crippen molar-refractivity contribution in [3.63, 3.8) is 0 Å². The molecule has 0 fully saturated rings. The maximum Gasteiger partial charge on any atom is 0.335 e. The van der Waals surface area contributed by atoms with Crippen LogP contribution < -0.4 is 9.47 Å². The van der Waals surface area contributed by atoms with E-state index in [1.54, 1.807) is 30.3 Å². The number of carbonyl (C=O) groups is 1. The summed E-state index contributed by atoms with van der Waals surface area (Å²) in [4.78, 5) is 11.0. The van der Waals surface area contributed by atoms with Gasteiger partial charge in [-0.3, -0.25) is 0 Å². The Kier molecular flexibility index (Phi) is 8.14. The van der Waals surface area contributed by atoms with Crippen molar-refractivity contribution in [3.8, 4) is 17.6 Å². The Morgan fingerprint density at radius 2 is 1.75 bits per heavy atom. The SMILES string of the molecule is CCOc1cc(/C=C(/C#N)c2ccc(C(=O)O)cc2)cc(Cl)c1OCc1ccc(I)cc1. The van der Waals surface area contributed by atoms with Crippen LogP contribution in [0.5, 0.6) is 11.5 Å². The van der Waals surface area contributed by atoms with Gasteiger partial charge in [-0.25, -0.2) is 4.79 Å². The van der Waals surface area contributed by atoms with E-state index in [9.17, 15) is 10.1 Å². The molecule has 0 radical (unpaired) electrons. The van der Waals surface area contributed by atoms with Crippen molar-refractivity contribution in [2.75, 3.05) is 6.61 Å². The number of aromatic carboxylic acids is 1. The zero-order chi connectivity index (χ0) is 23.1. The van der Waals surface area contributed by atoms with Gasteiger partial charge in [0.05, 0.1) is 28.8 Å². The predicted molar refractivity (Wildman–Crippen MR) is 133 cm³/mol. The van der Waals surface area contributed by atoms with Gasteiger partial charge in [0.1, 0.15) is 6.61 Å². The molecule has 0 atom stereocenters. The summed E-state index contributed by atoms with van der Waals surface area (Å²) in [5, 5.41) is 19.0. The van der Waals surface area contributed by atoms with E-state index < -0.39 is 5.97 Å². The van der Waals surface area contributed by atoms with Crippen LogP contribution in [0, 0.1) is 14.9 Å². The maximum absolute atomic E-state index is 11.0. The molecule has 0 unspecified atom stereocenters. The number of benzene rings is 3. The Hall–Kier alpha value is -3.02. The lowest BCUT2D eigenvalue weighted by molar-refractivity contribution is 0.0697. The van der Waals surface area contributed by atoms with E-state index in [1.807, 2.05) is 31.2 Å². The second-order valence-corrected chi connectivity index (χ2v) is 8.38. The molecule has 0 aliphatic heterocycles. The molecule has 7 heteroatoms. The fraction of sp³-hybridized carbons (Fsp3) is 0.120. The molecule has 5 nitrogen and oxygen atoms in total. The van der Waals surface area contributed by atoms with Gasteiger partial charge in [0.2, 0.25) is 0 Å². The number of halogens is 2. The van der Waals surface area contributed by atoms with Crippen LogP contribution in [0.2, 0.25) is 5.02 Å². The van der Waals surface area contributed by atoms with Crippen LogP contribution in [0.1, 0.15) is 34.0 Å². The molecule has 0 saturated heterocycles. The number of rotatable bonds is 8. The number of hydrogen-bond donors (Lipinski definition) is 1. The number of carboxylic acid groups (broad SMARTS) is 1. The molecular weight excluding hydrogens is 541 g/mol. The molecule has 1 N–H and O–H groups in total. The lowest BCUT2D eigenvalue weighted by Crippen LogP contribution is -2.01. The van der Waals surface area contributed by atoms with Crippen LogP contribution >= 0.6 is 34.2 Å². The summed E-state index contributed by atoms with van der Waals surface area (Å²) in [5.74, 6) is -0.100. The van der Waals surface area contributed by atoms with Crippen molar-refractivity contribution in [2.24, 2.45) is 0 Å². The molecule has 3 rings (SSSR count). The summed E-state index contributed by atoms with van der Waals surface area (Å²) >= 11 is 8.75. The highest BCUT2D eigenvalue weighted by atomic mass is 127. The zero-order valence-electron chi connectivity index (χ0n) is 17.1. The van der Waals surface area contributed by atoms with Gasteiger partial charge in [-0.05, 0) is 88.7 Å². The van der Waals surface area contributed by atoms with Gasteiger partial charge < -0.3 is 14.6 Å². The van der Waals surface area contributed by atoms with Crippen molar-refractivity contribution in [2.45, 2.75) is 13.5 Å². The third-order valence-electron chi connectivity index (χ3n) is 4.50. The van der Waals surface area contributed by atoms with Gasteiger partial charge in [-0.2, -0.15) is 5.26 Å². The standard InChI is InChI=1S/C25H19ClINO4/c1-2-31-23-13-17(11-20(14-28)18-5-7-19(8-6-18)25(29)30)12-22(26)24(23)32-15-16-3-9-21(27)10-4-16/h3-13H,2,15H2,1H3,(H,29,30)/b20-11-. The molecule has 162 valence electrons. The summed E-state index contributed by atoms with van der Waals surface area (Å²) in [6, 6.07) is 19.7. The van der Waals surface area contributed by atoms with E-state index in [4.69, 9.17) is 26.2 Å². The first-order valence-electron chi connectivity index (χ1n) is 9.70. The van der Waals surface area contributed by atoms with Crippen molar-refractivity contribution in [1.29, 1.82) is 5.26 Å². The molecule has 0 spiro atoms. The highest BCUT2D eigenvalue weighted by Gasteiger charge is 2.14. The van der Waals surface area contributed by atoms with Crippen molar-refractivity contribution < 1.29 is 19.4 Å². The Morgan fingerprint density at radius 3 is 2.34 bits per heavy atom. The molecule has 32 heavy (non-hydrogen) atoms. The van der Waals surface area contributed by atoms with Crippen molar-refractivity contribution >= 4 is 51.8 Å². The molecule has 0 bridgehead atoms. The van der Waals surface area contributed by atoms with Gasteiger partial charge in [0.25, 0.3) is 0 Å². The summed E-state index contributed by atoms with van der Waals surface area (Å²) in [7, 11) is 0. The molecule has 3 aromatic carbocycles. The minimum Gasteiger partial charge on any atom is -0.490 e. The Morgan fingerprint density at radius 1 is 1.09 bits per heavy atom. The Bertz CT molecular complexity index is 1180. The Balaban J connectivity index is 1.90. The lowest BCUT2D eigenvalue weighted by Gasteiger charge is -2.15. The first-order chi connectivity index (χ1) is 15.4. The van der Waals surface area contributed by atoms with E-state index in [0.717, 1.165) is 9.13 Å². The van der Waals surface area contributed by atoms with Crippen LogP contribution in [0.15, 0.2) is 60.7 Å². The first kappa shape index (κ1) is 23.6. The fourth-order valence-electron chi connectivity index (χ4n) is 2.95. The fourth-order valence-corrected chi connectivity index (χ4v) is 3.58. The largest absolute Gasteiger partial charge is 0.490 e. The molecular formula is C25H19ClINO4. The third-order valence-corrected chi connectivity index (χ3v) is 5.50. The summed E-state index contributed by atoms with van der Waals surface area (Å²) in [5.41, 5.74) is 2.80. The zero-order valence-corrected chi connectivity index (χ0v) is 20.1. The quantitative estimate of drug-likeness (QED) is 0.189. The number of nitriles is 1. The monoisotopic (exact) mass is 559 g/mol. The van der Waals surface area contributed by atoms with Gasteiger partial charge in [-0.15, -0.1) is 0 Å². The number of allylic oxidation sites excluding steroid dienone is 1. The molecule has 0 saturated carbocycles. The Labute approximate surface area is 205 Å². The highest BCUT2D eigenvalue weighted by Crippen LogP contribution is 2.38. The molecule has 3 aromatic rings. The summed E-state index contributed by atoms with van der Waals surface area (Å²) in [6.07, 6.45) is 1.67. The van der Waals surface area contributed by atoms with Crippen LogP contribution in [0.25, 0.3) is 11.6 Å². The smallest absolute Gasteiger partial charge is 0.335 e. The van der Waals surface area contributed by atoms with Crippen LogP contribution in [0.3, 0.4) is 0 Å². The minimum atomic E-state index is -1.02. The van der Waals surface area contributed by atoms with Crippen LogP contribution in [-0.2, 0) is 6.61 Å². The van der Waals surface area contributed by atoms with E-state index in [1.165, 1.54) is 12.1 Å². The predicted octanol–water partition coefficient (Wildman–Crippen LogP) is 6.68. The van der Waals surface area contributed by atoms with Crippen LogP contribution in [0.4, 0.5) is 0 Å². The molecule has 0 aliphatic carbocycles. The summed E-state index contributed by atoms with van der Waals surface area (Å²) in [6.45, 7) is 2.63. The van der Waals surface area contributed by atoms with E-state index in [2.05, 4.69) is 28.7 Å². The van der Waals surface area contributed by atoms with Gasteiger partial charge in [-0.1, -0.05) is 35.9 Å².